The maximum absolute atomic E-state index is 13.2. The second-order valence-electron chi connectivity index (χ2n) is 8.27. The molecule has 144 valence electrons. The van der Waals surface area contributed by atoms with E-state index >= 15 is 0 Å². The normalized spacial score (nSPS) is 29.7. The van der Waals surface area contributed by atoms with E-state index in [1.807, 2.05) is 23.1 Å². The summed E-state index contributed by atoms with van der Waals surface area (Å²) in [6.45, 7) is 1.46. The van der Waals surface area contributed by atoms with Crippen LogP contribution >= 0.6 is 0 Å². The Morgan fingerprint density at radius 3 is 2.56 bits per heavy atom. The van der Waals surface area contributed by atoms with Crippen LogP contribution in [0, 0.1) is 17.8 Å². The van der Waals surface area contributed by atoms with Crippen LogP contribution in [0.4, 0.5) is 0 Å². The standard InChI is InChI=1S/C22H28N2O3/c25-21(23-27)20-13-16(12-15-6-7-15)8-9-19(20)22(26)24-11-10-18(14-24)17-4-2-1-3-5-17/h1-5,12,15,18-20,27H,6-11,13-14H2,(H,23,25)/b16-12+/t18-,19-,20-/m0/s1. The van der Waals surface area contributed by atoms with E-state index in [9.17, 15) is 14.8 Å². The summed E-state index contributed by atoms with van der Waals surface area (Å²) in [5, 5.41) is 9.18. The number of nitrogens with one attached hydrogen (secondary N) is 1. The smallest absolute Gasteiger partial charge is 0.247 e. The zero-order valence-corrected chi connectivity index (χ0v) is 15.6. The van der Waals surface area contributed by atoms with Crippen molar-refractivity contribution in [2.75, 3.05) is 13.1 Å². The number of hydrogen-bond acceptors (Lipinski definition) is 3. The Morgan fingerprint density at radius 2 is 1.85 bits per heavy atom. The van der Waals surface area contributed by atoms with Crippen molar-refractivity contribution in [2.24, 2.45) is 17.8 Å². The molecule has 2 aliphatic carbocycles. The molecular weight excluding hydrogens is 340 g/mol. The van der Waals surface area contributed by atoms with Gasteiger partial charge in [-0.15, -0.1) is 0 Å². The maximum Gasteiger partial charge on any atom is 0.247 e. The molecule has 1 aromatic carbocycles. The molecule has 4 rings (SSSR count). The van der Waals surface area contributed by atoms with Crippen LogP contribution in [0.15, 0.2) is 42.0 Å². The van der Waals surface area contributed by atoms with Gasteiger partial charge in [0.1, 0.15) is 0 Å². The topological polar surface area (TPSA) is 69.6 Å². The molecule has 0 unspecified atom stereocenters. The van der Waals surface area contributed by atoms with Crippen LogP contribution in [-0.2, 0) is 9.59 Å². The van der Waals surface area contributed by atoms with E-state index in [-0.39, 0.29) is 11.8 Å². The molecule has 0 radical (unpaired) electrons. The molecule has 27 heavy (non-hydrogen) atoms. The summed E-state index contributed by atoms with van der Waals surface area (Å²) < 4.78 is 0. The van der Waals surface area contributed by atoms with E-state index in [1.54, 1.807) is 5.48 Å². The van der Waals surface area contributed by atoms with Crippen LogP contribution < -0.4 is 5.48 Å². The predicted octanol–water partition coefficient (Wildman–Crippen LogP) is 3.26. The van der Waals surface area contributed by atoms with Crippen LogP contribution in [0.1, 0.15) is 50.0 Å². The fourth-order valence-electron chi connectivity index (χ4n) is 4.66. The summed E-state index contributed by atoms with van der Waals surface area (Å²) in [6.07, 6.45) is 7.90. The number of carbonyl (C=O) groups is 2. The maximum atomic E-state index is 13.2. The molecule has 2 saturated carbocycles. The summed E-state index contributed by atoms with van der Waals surface area (Å²) in [5.41, 5.74) is 4.35. The van der Waals surface area contributed by atoms with Gasteiger partial charge in [-0.3, -0.25) is 14.8 Å². The molecular formula is C22H28N2O3. The minimum Gasteiger partial charge on any atom is -0.342 e. The number of benzene rings is 1. The van der Waals surface area contributed by atoms with Crippen molar-refractivity contribution in [2.45, 2.75) is 44.4 Å². The highest BCUT2D eigenvalue weighted by molar-refractivity contribution is 5.88. The fraction of sp³-hybridized carbons (Fsp3) is 0.545. The van der Waals surface area contributed by atoms with E-state index < -0.39 is 11.8 Å². The van der Waals surface area contributed by atoms with Gasteiger partial charge in [0.2, 0.25) is 11.8 Å². The highest BCUT2D eigenvalue weighted by atomic mass is 16.5. The van der Waals surface area contributed by atoms with Crippen LogP contribution in [0.2, 0.25) is 0 Å². The molecule has 0 spiro atoms. The van der Waals surface area contributed by atoms with Gasteiger partial charge in [0.15, 0.2) is 0 Å². The average Bonchev–Trinajstić information content (AvgIpc) is 3.39. The number of amides is 2. The van der Waals surface area contributed by atoms with Crippen LogP contribution in [0.5, 0.6) is 0 Å². The largest absolute Gasteiger partial charge is 0.342 e. The van der Waals surface area contributed by atoms with Gasteiger partial charge in [0, 0.05) is 19.0 Å². The minimum absolute atomic E-state index is 0.0764. The van der Waals surface area contributed by atoms with Gasteiger partial charge in [-0.1, -0.05) is 42.0 Å². The summed E-state index contributed by atoms with van der Waals surface area (Å²) in [6, 6.07) is 10.3. The Balaban J connectivity index is 1.44. The Bertz CT molecular complexity index is 726. The highest BCUT2D eigenvalue weighted by Crippen LogP contribution is 2.40. The summed E-state index contributed by atoms with van der Waals surface area (Å²) in [4.78, 5) is 27.4. The second kappa shape index (κ2) is 7.85. The predicted molar refractivity (Wildman–Crippen MR) is 102 cm³/mol. The van der Waals surface area contributed by atoms with Gasteiger partial charge in [0.25, 0.3) is 0 Å². The lowest BCUT2D eigenvalue weighted by molar-refractivity contribution is -0.145. The third-order valence-electron chi connectivity index (χ3n) is 6.37. The summed E-state index contributed by atoms with van der Waals surface area (Å²) >= 11 is 0. The number of hydrogen-bond donors (Lipinski definition) is 2. The van der Waals surface area contributed by atoms with Crippen molar-refractivity contribution in [3.8, 4) is 0 Å². The van der Waals surface area contributed by atoms with E-state index in [1.165, 1.54) is 24.0 Å². The third kappa shape index (κ3) is 4.08. The molecule has 0 aromatic heterocycles. The van der Waals surface area contributed by atoms with Gasteiger partial charge >= 0.3 is 0 Å². The Morgan fingerprint density at radius 1 is 1.07 bits per heavy atom. The van der Waals surface area contributed by atoms with E-state index in [0.717, 1.165) is 25.9 Å². The van der Waals surface area contributed by atoms with E-state index in [2.05, 4.69) is 18.2 Å². The van der Waals surface area contributed by atoms with Crippen molar-refractivity contribution in [1.82, 2.24) is 10.4 Å². The lowest BCUT2D eigenvalue weighted by Crippen LogP contribution is -2.44. The van der Waals surface area contributed by atoms with Crippen molar-refractivity contribution < 1.29 is 14.8 Å². The zero-order valence-electron chi connectivity index (χ0n) is 15.6. The van der Waals surface area contributed by atoms with Crippen molar-refractivity contribution >= 4 is 11.8 Å². The van der Waals surface area contributed by atoms with E-state index in [4.69, 9.17) is 0 Å². The zero-order chi connectivity index (χ0) is 18.8. The van der Waals surface area contributed by atoms with Crippen molar-refractivity contribution in [3.63, 3.8) is 0 Å². The van der Waals surface area contributed by atoms with Gasteiger partial charge in [-0.05, 0) is 50.0 Å². The first-order chi connectivity index (χ1) is 13.2. The Hall–Kier alpha value is -2.14. The van der Waals surface area contributed by atoms with Crippen molar-refractivity contribution in [1.29, 1.82) is 0 Å². The first-order valence-electron chi connectivity index (χ1n) is 10.1. The van der Waals surface area contributed by atoms with Crippen LogP contribution in [-0.4, -0.2) is 35.0 Å². The Kier molecular flexibility index (Phi) is 5.30. The molecule has 5 heteroatoms. The monoisotopic (exact) mass is 368 g/mol. The molecule has 1 aliphatic heterocycles. The molecule has 1 aromatic rings. The second-order valence-corrected chi connectivity index (χ2v) is 8.27. The average molecular weight is 368 g/mol. The fourth-order valence-corrected chi connectivity index (χ4v) is 4.66. The first-order valence-corrected chi connectivity index (χ1v) is 10.1. The van der Waals surface area contributed by atoms with Gasteiger partial charge in [-0.25, -0.2) is 5.48 Å². The summed E-state index contributed by atoms with van der Waals surface area (Å²) in [5.74, 6) is -0.106. The lowest BCUT2D eigenvalue weighted by Gasteiger charge is -2.33. The van der Waals surface area contributed by atoms with Crippen LogP contribution in [0.3, 0.4) is 0 Å². The molecule has 2 N–H and O–H groups in total. The van der Waals surface area contributed by atoms with Gasteiger partial charge in [-0.2, -0.15) is 0 Å². The molecule has 2 amide bonds. The van der Waals surface area contributed by atoms with Crippen LogP contribution in [0.25, 0.3) is 0 Å². The van der Waals surface area contributed by atoms with Crippen molar-refractivity contribution in [3.05, 3.63) is 47.5 Å². The number of nitrogens with zero attached hydrogens (tertiary/aromatic N) is 1. The number of hydroxylamine groups is 1. The number of likely N-dealkylation sites (tertiary alicyclic amines) is 1. The van der Waals surface area contributed by atoms with Gasteiger partial charge < -0.3 is 4.90 Å². The lowest BCUT2D eigenvalue weighted by atomic mass is 9.75. The molecule has 3 atom stereocenters. The number of carbonyl (C=O) groups excluding carboxylic acids is 2. The highest BCUT2D eigenvalue weighted by Gasteiger charge is 2.41. The van der Waals surface area contributed by atoms with E-state index in [0.29, 0.717) is 24.7 Å². The molecule has 5 nitrogen and oxygen atoms in total. The first kappa shape index (κ1) is 18.2. The number of rotatable bonds is 4. The molecule has 0 bridgehead atoms. The molecule has 3 aliphatic rings. The molecule has 1 heterocycles. The molecule has 3 fully saturated rings. The minimum atomic E-state index is -0.461. The Labute approximate surface area is 160 Å². The quantitative estimate of drug-likeness (QED) is 0.487. The third-order valence-corrected chi connectivity index (χ3v) is 6.37. The summed E-state index contributed by atoms with van der Waals surface area (Å²) in [7, 11) is 0. The van der Waals surface area contributed by atoms with Gasteiger partial charge in [0.05, 0.1) is 11.8 Å². The SMILES string of the molecule is O=C(NO)[C@H]1C/C(=C/C2CC2)CC[C@@H]1C(=O)N1CC[C@H](c2ccccc2)C1. The molecule has 1 saturated heterocycles. The number of allylic oxidation sites excluding steroid dienone is 2.